The van der Waals surface area contributed by atoms with Crippen molar-refractivity contribution in [2.75, 3.05) is 18.6 Å². The zero-order valence-electron chi connectivity index (χ0n) is 18.2. The normalized spacial score (nSPS) is 23.4. The topological polar surface area (TPSA) is 45.6 Å². The van der Waals surface area contributed by atoms with Crippen LogP contribution in [0.5, 0.6) is 5.75 Å². The van der Waals surface area contributed by atoms with Crippen LogP contribution in [-0.2, 0) is 0 Å². The zero-order valence-corrected chi connectivity index (χ0v) is 18.2. The number of aromatic nitrogens is 1. The molecular weight excluding hydrogens is 348 g/mol. The third-order valence-corrected chi connectivity index (χ3v) is 6.49. The Hall–Kier alpha value is -1.81. The number of hydrogen-bond acceptors (Lipinski definition) is 4. The highest BCUT2D eigenvalue weighted by Crippen LogP contribution is 2.39. The Morgan fingerprint density at radius 3 is 2.54 bits per heavy atom. The first-order chi connectivity index (χ1) is 13.2. The van der Waals surface area contributed by atoms with Crippen molar-refractivity contribution in [3.63, 3.8) is 0 Å². The van der Waals surface area contributed by atoms with Gasteiger partial charge in [-0.1, -0.05) is 58.3 Å². The van der Waals surface area contributed by atoms with Crippen molar-refractivity contribution in [3.05, 3.63) is 41.8 Å². The van der Waals surface area contributed by atoms with Crippen LogP contribution < -0.4 is 9.64 Å². The van der Waals surface area contributed by atoms with E-state index >= 15 is 0 Å². The molecule has 1 unspecified atom stereocenters. The van der Waals surface area contributed by atoms with Gasteiger partial charge in [-0.3, -0.25) is 4.98 Å². The SMILES string of the molecule is COc1c(N(CC2=CCC(O)(C(C)(C)C)C=C2)C2CCCCC2)ccnc1C. The molecule has 1 saturated carbocycles. The quantitative estimate of drug-likeness (QED) is 0.758. The summed E-state index contributed by atoms with van der Waals surface area (Å²) in [5.41, 5.74) is 2.36. The van der Waals surface area contributed by atoms with Gasteiger partial charge in [0.15, 0.2) is 5.75 Å². The van der Waals surface area contributed by atoms with Gasteiger partial charge < -0.3 is 14.7 Å². The van der Waals surface area contributed by atoms with E-state index in [-0.39, 0.29) is 5.41 Å². The van der Waals surface area contributed by atoms with Gasteiger partial charge in [0.05, 0.1) is 24.1 Å². The number of nitrogens with zero attached hydrogens (tertiary/aromatic N) is 2. The number of pyridine rings is 1. The lowest BCUT2D eigenvalue weighted by molar-refractivity contribution is -0.0121. The van der Waals surface area contributed by atoms with Crippen LogP contribution >= 0.6 is 0 Å². The van der Waals surface area contributed by atoms with Gasteiger partial charge in [0, 0.05) is 18.8 Å². The third kappa shape index (κ3) is 4.27. The summed E-state index contributed by atoms with van der Waals surface area (Å²) in [5, 5.41) is 11.0. The molecule has 2 aliphatic carbocycles. The molecule has 1 atom stereocenters. The first-order valence-electron chi connectivity index (χ1n) is 10.6. The van der Waals surface area contributed by atoms with Gasteiger partial charge in [-0.05, 0) is 43.2 Å². The first-order valence-corrected chi connectivity index (χ1v) is 10.6. The molecular formula is C24H36N2O2. The highest BCUT2D eigenvalue weighted by atomic mass is 16.5. The van der Waals surface area contributed by atoms with Crippen LogP contribution in [0.4, 0.5) is 5.69 Å². The van der Waals surface area contributed by atoms with Crippen molar-refractivity contribution in [2.45, 2.75) is 77.9 Å². The standard InChI is InChI=1S/C24H36N2O2/c1-18-22(28-5)21(13-16-25-18)26(20-9-7-6-8-10-20)17-19-11-14-24(27,15-12-19)23(2,3)4/h11-14,16,20,27H,6-10,15,17H2,1-5H3. The van der Waals surface area contributed by atoms with Crippen LogP contribution in [-0.4, -0.2) is 35.4 Å². The molecule has 0 aliphatic heterocycles. The number of methoxy groups -OCH3 is 1. The molecule has 154 valence electrons. The lowest BCUT2D eigenvalue weighted by Crippen LogP contribution is -2.42. The Labute approximate surface area is 170 Å². The molecule has 1 N–H and O–H groups in total. The maximum atomic E-state index is 11.0. The summed E-state index contributed by atoms with van der Waals surface area (Å²) in [7, 11) is 1.73. The third-order valence-electron chi connectivity index (χ3n) is 6.49. The van der Waals surface area contributed by atoms with E-state index in [2.05, 4.69) is 48.9 Å². The smallest absolute Gasteiger partial charge is 0.163 e. The lowest BCUT2D eigenvalue weighted by Gasteiger charge is -2.41. The van der Waals surface area contributed by atoms with Gasteiger partial charge in [-0.15, -0.1) is 0 Å². The van der Waals surface area contributed by atoms with Gasteiger partial charge in [0.2, 0.25) is 0 Å². The van der Waals surface area contributed by atoms with E-state index < -0.39 is 5.60 Å². The highest BCUT2D eigenvalue weighted by molar-refractivity contribution is 5.61. The second kappa shape index (κ2) is 8.28. The van der Waals surface area contributed by atoms with Gasteiger partial charge >= 0.3 is 0 Å². The molecule has 1 aromatic rings. The van der Waals surface area contributed by atoms with E-state index in [0.29, 0.717) is 12.5 Å². The maximum Gasteiger partial charge on any atom is 0.163 e. The van der Waals surface area contributed by atoms with E-state index in [1.54, 1.807) is 7.11 Å². The minimum absolute atomic E-state index is 0.181. The van der Waals surface area contributed by atoms with Crippen molar-refractivity contribution in [3.8, 4) is 5.75 Å². The monoisotopic (exact) mass is 384 g/mol. The summed E-state index contributed by atoms with van der Waals surface area (Å²) in [6, 6.07) is 2.60. The molecule has 0 aromatic carbocycles. The Kier molecular flexibility index (Phi) is 6.18. The predicted molar refractivity (Wildman–Crippen MR) is 116 cm³/mol. The molecule has 3 rings (SSSR count). The summed E-state index contributed by atoms with van der Waals surface area (Å²) in [6.45, 7) is 9.12. The van der Waals surface area contributed by atoms with E-state index in [9.17, 15) is 5.11 Å². The number of rotatable bonds is 5. The van der Waals surface area contributed by atoms with E-state index in [1.807, 2.05) is 19.2 Å². The van der Waals surface area contributed by atoms with Gasteiger partial charge in [0.25, 0.3) is 0 Å². The molecule has 28 heavy (non-hydrogen) atoms. The van der Waals surface area contributed by atoms with Crippen molar-refractivity contribution in [1.82, 2.24) is 4.98 Å². The molecule has 1 fully saturated rings. The number of hydrogen-bond donors (Lipinski definition) is 1. The first kappa shape index (κ1) is 20.9. The average molecular weight is 385 g/mol. The molecule has 1 aromatic heterocycles. The summed E-state index contributed by atoms with van der Waals surface area (Å²) in [5.74, 6) is 0.875. The second-order valence-corrected chi connectivity index (χ2v) is 9.36. The van der Waals surface area contributed by atoms with Crippen molar-refractivity contribution >= 4 is 5.69 Å². The van der Waals surface area contributed by atoms with E-state index in [4.69, 9.17) is 4.74 Å². The minimum Gasteiger partial charge on any atom is -0.493 e. The summed E-state index contributed by atoms with van der Waals surface area (Å²) >= 11 is 0. The molecule has 0 amide bonds. The molecule has 0 radical (unpaired) electrons. The molecule has 4 nitrogen and oxygen atoms in total. The number of aliphatic hydroxyl groups is 1. The van der Waals surface area contributed by atoms with Gasteiger partial charge in [0.1, 0.15) is 0 Å². The summed E-state index contributed by atoms with van der Waals surface area (Å²) in [6.07, 6.45) is 15.2. The second-order valence-electron chi connectivity index (χ2n) is 9.36. The van der Waals surface area contributed by atoms with Crippen LogP contribution in [0.2, 0.25) is 0 Å². The molecule has 4 heteroatoms. The Morgan fingerprint density at radius 1 is 1.25 bits per heavy atom. The van der Waals surface area contributed by atoms with E-state index in [0.717, 1.165) is 23.7 Å². The average Bonchev–Trinajstić information content (AvgIpc) is 2.67. The van der Waals surface area contributed by atoms with Crippen molar-refractivity contribution in [2.24, 2.45) is 5.41 Å². The van der Waals surface area contributed by atoms with Crippen LogP contribution in [0, 0.1) is 12.3 Å². The largest absolute Gasteiger partial charge is 0.493 e. The fourth-order valence-corrected chi connectivity index (χ4v) is 4.36. The summed E-state index contributed by atoms with van der Waals surface area (Å²) in [4.78, 5) is 6.92. The van der Waals surface area contributed by atoms with Crippen molar-refractivity contribution in [1.29, 1.82) is 0 Å². The Morgan fingerprint density at radius 2 is 1.96 bits per heavy atom. The molecule has 0 spiro atoms. The maximum absolute atomic E-state index is 11.0. The fourth-order valence-electron chi connectivity index (χ4n) is 4.36. The van der Waals surface area contributed by atoms with Crippen LogP contribution in [0.25, 0.3) is 0 Å². The number of anilines is 1. The van der Waals surface area contributed by atoms with Crippen molar-refractivity contribution < 1.29 is 9.84 Å². The van der Waals surface area contributed by atoms with Gasteiger partial charge in [-0.2, -0.15) is 0 Å². The predicted octanol–water partition coefficient (Wildman–Crippen LogP) is 5.20. The summed E-state index contributed by atoms with van der Waals surface area (Å²) < 4.78 is 5.73. The fraction of sp³-hybridized carbons (Fsp3) is 0.625. The molecule has 0 bridgehead atoms. The lowest BCUT2D eigenvalue weighted by atomic mass is 9.72. The van der Waals surface area contributed by atoms with Crippen LogP contribution in [0.15, 0.2) is 36.1 Å². The molecule has 1 heterocycles. The Bertz CT molecular complexity index is 741. The van der Waals surface area contributed by atoms with E-state index in [1.165, 1.54) is 37.7 Å². The zero-order chi connectivity index (χ0) is 20.4. The van der Waals surface area contributed by atoms with Gasteiger partial charge in [-0.25, -0.2) is 0 Å². The number of ether oxygens (including phenoxy) is 1. The van der Waals surface area contributed by atoms with Crippen LogP contribution in [0.3, 0.4) is 0 Å². The van der Waals surface area contributed by atoms with Crippen LogP contribution in [0.1, 0.15) is 65.0 Å². The Balaban J connectivity index is 1.88. The molecule has 2 aliphatic rings. The molecule has 0 saturated heterocycles. The minimum atomic E-state index is -0.781. The highest BCUT2D eigenvalue weighted by Gasteiger charge is 2.38. The number of aryl methyl sites for hydroxylation is 1.